The third kappa shape index (κ3) is 3.72. The van der Waals surface area contributed by atoms with E-state index in [2.05, 4.69) is 19.9 Å². The molecular formula is C32H22Cl2N4O2. The molecule has 0 aliphatic carbocycles. The predicted molar refractivity (Wildman–Crippen MR) is 165 cm³/mol. The Morgan fingerprint density at radius 2 is 1.12 bits per heavy atom. The maximum Gasteiger partial charge on any atom is 0.139 e. The van der Waals surface area contributed by atoms with Crippen LogP contribution in [-0.2, 0) is 0 Å². The van der Waals surface area contributed by atoms with Crippen LogP contribution < -0.4 is 0 Å². The highest BCUT2D eigenvalue weighted by molar-refractivity contribution is 6.39. The Morgan fingerprint density at radius 3 is 1.82 bits per heavy atom. The van der Waals surface area contributed by atoms with Gasteiger partial charge in [-0.2, -0.15) is 0 Å². The van der Waals surface area contributed by atoms with E-state index in [1.165, 1.54) is 0 Å². The third-order valence-electron chi connectivity index (χ3n) is 7.48. The molecule has 40 heavy (non-hydrogen) atoms. The summed E-state index contributed by atoms with van der Waals surface area (Å²) in [5.74, 6) is 0.529. The molecule has 0 atom stereocenters. The molecule has 4 aromatic heterocycles. The number of pyridine rings is 2. The first-order valence-electron chi connectivity index (χ1n) is 12.7. The van der Waals surface area contributed by atoms with Crippen molar-refractivity contribution < 1.29 is 10.2 Å². The fraction of sp³-hybridized carbons (Fsp3) is 0.0625. The Hall–Kier alpha value is -4.52. The zero-order valence-corrected chi connectivity index (χ0v) is 23.0. The lowest BCUT2D eigenvalue weighted by molar-refractivity contribution is 0.475. The van der Waals surface area contributed by atoms with E-state index in [4.69, 9.17) is 23.2 Å². The molecule has 4 N–H and O–H groups in total. The van der Waals surface area contributed by atoms with Crippen LogP contribution in [0.2, 0.25) is 10.3 Å². The van der Waals surface area contributed by atoms with Crippen molar-refractivity contribution in [3.63, 3.8) is 0 Å². The van der Waals surface area contributed by atoms with Crippen molar-refractivity contribution in [3.05, 3.63) is 94.5 Å². The van der Waals surface area contributed by atoms with Gasteiger partial charge >= 0.3 is 0 Å². The number of phenolic OH excluding ortho intramolecular Hbond substituents is 2. The number of hydrogen-bond donors (Lipinski definition) is 4. The van der Waals surface area contributed by atoms with Crippen LogP contribution >= 0.6 is 23.2 Å². The highest BCUT2D eigenvalue weighted by Gasteiger charge is 2.15. The minimum absolute atomic E-state index is 0.261. The van der Waals surface area contributed by atoms with Crippen LogP contribution in [0.15, 0.2) is 73.1 Å². The lowest BCUT2D eigenvalue weighted by Crippen LogP contribution is -1.81. The summed E-state index contributed by atoms with van der Waals surface area (Å²) >= 11 is 12.6. The van der Waals surface area contributed by atoms with Crippen molar-refractivity contribution >= 4 is 88.4 Å². The van der Waals surface area contributed by atoms with Gasteiger partial charge in [0.05, 0.1) is 16.6 Å². The molecule has 0 bridgehead atoms. The number of benzene rings is 4. The van der Waals surface area contributed by atoms with Crippen molar-refractivity contribution in [1.29, 1.82) is 0 Å². The lowest BCUT2D eigenvalue weighted by Gasteiger charge is -2.02. The number of rotatable bonds is 0. The molecular weight excluding hydrogens is 543 g/mol. The molecule has 6 nitrogen and oxygen atoms in total. The predicted octanol–water partition coefficient (Wildman–Crippen LogP) is 9.07. The molecule has 0 unspecified atom stereocenters. The standard InChI is InChI=1S/2C16H11ClN2O/c1-8-7-18-16(17)14-13-11-4-3-10(20)6-9(11)2-5-12(13)19-15(8)14;1-8-7-18-16(17)13-12-4-2-9-6-10(20)3-5-11(9)15(12)19-14(8)13/h2*2-7,19-20H,1H3. The smallest absolute Gasteiger partial charge is 0.139 e. The normalized spacial score (nSPS) is 11.7. The van der Waals surface area contributed by atoms with Gasteiger partial charge in [-0.25, -0.2) is 9.97 Å². The Balaban J connectivity index is 0.000000132. The van der Waals surface area contributed by atoms with E-state index in [9.17, 15) is 10.2 Å². The molecule has 196 valence electrons. The fourth-order valence-corrected chi connectivity index (χ4v) is 6.06. The van der Waals surface area contributed by atoms with Crippen LogP contribution in [-0.4, -0.2) is 30.1 Å². The van der Waals surface area contributed by atoms with Crippen LogP contribution in [0.4, 0.5) is 0 Å². The minimum atomic E-state index is 0.261. The van der Waals surface area contributed by atoms with Crippen molar-refractivity contribution in [3.8, 4) is 11.5 Å². The second-order valence-corrected chi connectivity index (χ2v) is 10.7. The van der Waals surface area contributed by atoms with Gasteiger partial charge in [0.15, 0.2) is 0 Å². The van der Waals surface area contributed by atoms with E-state index in [1.54, 1.807) is 36.7 Å². The van der Waals surface area contributed by atoms with E-state index in [1.807, 2.05) is 50.2 Å². The number of aryl methyl sites for hydroxylation is 2. The van der Waals surface area contributed by atoms with Gasteiger partial charge in [-0.15, -0.1) is 0 Å². The number of H-pyrrole nitrogens is 2. The second-order valence-electron chi connectivity index (χ2n) is 10.0. The molecule has 0 radical (unpaired) electrons. The quantitative estimate of drug-likeness (QED) is 0.138. The average Bonchev–Trinajstić information content (AvgIpc) is 3.54. The molecule has 8 heteroatoms. The summed E-state index contributed by atoms with van der Waals surface area (Å²) in [7, 11) is 0. The number of aromatic hydroxyl groups is 2. The maximum absolute atomic E-state index is 9.62. The Kier molecular flexibility index (Phi) is 5.52. The monoisotopic (exact) mass is 564 g/mol. The van der Waals surface area contributed by atoms with E-state index in [0.29, 0.717) is 10.3 Å². The number of nitrogens with zero attached hydrogens (tertiary/aromatic N) is 2. The molecule has 0 aliphatic heterocycles. The van der Waals surface area contributed by atoms with E-state index in [0.717, 1.165) is 76.3 Å². The molecule has 4 aromatic carbocycles. The third-order valence-corrected chi connectivity index (χ3v) is 8.05. The molecule has 0 fully saturated rings. The summed E-state index contributed by atoms with van der Waals surface area (Å²) in [4.78, 5) is 15.3. The number of phenols is 2. The molecule has 0 spiro atoms. The van der Waals surface area contributed by atoms with Gasteiger partial charge in [-0.05, 0) is 77.5 Å². The van der Waals surface area contributed by atoms with Crippen LogP contribution in [0.3, 0.4) is 0 Å². The summed E-state index contributed by atoms with van der Waals surface area (Å²) in [5, 5.41) is 28.3. The highest BCUT2D eigenvalue weighted by Crippen LogP contribution is 2.38. The van der Waals surface area contributed by atoms with Gasteiger partial charge in [0.25, 0.3) is 0 Å². The SMILES string of the molecule is Cc1cnc(Cl)c2c1[nH]c1c3ccc(O)cc3ccc12.Cc1cnc(Cl)c2c1[nH]c1ccc3cc(O)ccc3c12. The average molecular weight is 565 g/mol. The highest BCUT2D eigenvalue weighted by atomic mass is 35.5. The van der Waals surface area contributed by atoms with Gasteiger partial charge < -0.3 is 20.2 Å². The van der Waals surface area contributed by atoms with Crippen LogP contribution in [0.25, 0.3) is 65.2 Å². The zero-order valence-electron chi connectivity index (χ0n) is 21.5. The summed E-state index contributed by atoms with van der Waals surface area (Å²) in [6.45, 7) is 4.02. The molecule has 0 saturated heterocycles. The number of halogens is 2. The second kappa shape index (κ2) is 9.01. The molecule has 0 aliphatic rings. The summed E-state index contributed by atoms with van der Waals surface area (Å²) < 4.78 is 0. The van der Waals surface area contributed by atoms with E-state index in [-0.39, 0.29) is 11.5 Å². The van der Waals surface area contributed by atoms with Crippen LogP contribution in [0.5, 0.6) is 11.5 Å². The van der Waals surface area contributed by atoms with Gasteiger partial charge in [0.2, 0.25) is 0 Å². The molecule has 8 aromatic rings. The van der Waals surface area contributed by atoms with Crippen molar-refractivity contribution in [2.45, 2.75) is 13.8 Å². The topological polar surface area (TPSA) is 97.8 Å². The number of hydrogen-bond acceptors (Lipinski definition) is 4. The molecule has 8 rings (SSSR count). The molecule has 4 heterocycles. The number of aromatic amines is 2. The Morgan fingerprint density at radius 1 is 0.575 bits per heavy atom. The number of nitrogens with one attached hydrogen (secondary N) is 2. The van der Waals surface area contributed by atoms with Crippen LogP contribution in [0, 0.1) is 13.8 Å². The Labute approximate surface area is 237 Å². The molecule has 0 saturated carbocycles. The van der Waals surface area contributed by atoms with Gasteiger partial charge in [-0.1, -0.05) is 47.5 Å². The lowest BCUT2D eigenvalue weighted by atomic mass is 10.0. The van der Waals surface area contributed by atoms with Crippen molar-refractivity contribution in [2.24, 2.45) is 0 Å². The van der Waals surface area contributed by atoms with Crippen molar-refractivity contribution in [2.75, 3.05) is 0 Å². The first kappa shape index (κ1) is 24.5. The van der Waals surface area contributed by atoms with E-state index >= 15 is 0 Å². The zero-order chi connectivity index (χ0) is 27.7. The molecule has 0 amide bonds. The maximum atomic E-state index is 9.62. The first-order chi connectivity index (χ1) is 19.3. The van der Waals surface area contributed by atoms with Crippen molar-refractivity contribution in [1.82, 2.24) is 19.9 Å². The summed E-state index contributed by atoms with van der Waals surface area (Å²) in [5.41, 5.74) is 6.20. The minimum Gasteiger partial charge on any atom is -0.508 e. The number of fused-ring (bicyclic) bond motifs is 10. The largest absolute Gasteiger partial charge is 0.508 e. The van der Waals surface area contributed by atoms with Gasteiger partial charge in [0.1, 0.15) is 21.8 Å². The number of aromatic nitrogens is 4. The van der Waals surface area contributed by atoms with Crippen LogP contribution in [0.1, 0.15) is 11.1 Å². The van der Waals surface area contributed by atoms with Gasteiger partial charge in [0, 0.05) is 44.8 Å². The fourth-order valence-electron chi connectivity index (χ4n) is 5.57. The van der Waals surface area contributed by atoms with E-state index < -0.39 is 0 Å². The summed E-state index contributed by atoms with van der Waals surface area (Å²) in [6.07, 6.45) is 3.54. The first-order valence-corrected chi connectivity index (χ1v) is 13.4. The Bertz CT molecular complexity index is 2290. The summed E-state index contributed by atoms with van der Waals surface area (Å²) in [6, 6.07) is 18.7. The van der Waals surface area contributed by atoms with Gasteiger partial charge in [-0.3, -0.25) is 0 Å².